The van der Waals surface area contributed by atoms with Crippen LogP contribution in [0, 0.1) is 5.92 Å². The van der Waals surface area contributed by atoms with Crippen molar-refractivity contribution in [3.05, 3.63) is 97.0 Å². The third kappa shape index (κ3) is 2.50. The van der Waals surface area contributed by atoms with Gasteiger partial charge in [0.05, 0.1) is 14.0 Å². The van der Waals surface area contributed by atoms with Gasteiger partial charge in [-0.05, 0) is 59.9 Å². The SMILES string of the molecule is CC1=CC2=C(Br)C3C(=CC2=C1[Si](C)(C)C1C=Cc2ccccc21)N(C)C(C)=C3C. The maximum absolute atomic E-state index is 4.03. The summed E-state index contributed by atoms with van der Waals surface area (Å²) >= 11 is 4.03. The Labute approximate surface area is 184 Å². The van der Waals surface area contributed by atoms with Crippen LogP contribution < -0.4 is 0 Å². The molecule has 0 N–H and O–H groups in total. The van der Waals surface area contributed by atoms with Gasteiger partial charge in [-0.2, -0.15) is 0 Å². The molecule has 2 atom stereocenters. The van der Waals surface area contributed by atoms with Crippen molar-refractivity contribution in [1.82, 2.24) is 4.90 Å². The van der Waals surface area contributed by atoms with Crippen LogP contribution in [0.3, 0.4) is 0 Å². The van der Waals surface area contributed by atoms with Crippen LogP contribution in [0.25, 0.3) is 6.08 Å². The van der Waals surface area contributed by atoms with Crippen molar-refractivity contribution in [2.45, 2.75) is 39.4 Å². The second-order valence-corrected chi connectivity index (χ2v) is 14.8. The Bertz CT molecular complexity index is 1140. The molecule has 3 aliphatic carbocycles. The molecule has 29 heavy (non-hydrogen) atoms. The van der Waals surface area contributed by atoms with Crippen LogP contribution in [0.4, 0.5) is 0 Å². The Balaban J connectivity index is 1.68. The standard InChI is InChI=1S/C26H28BrNSi/c1-15-13-20-21(14-22-24(25(20)27)16(2)17(3)28(22)4)26(15)29(5,6)23-12-11-18-9-7-8-10-19(18)23/h7-14,23-24H,1-6H3. The number of allylic oxidation sites excluding steroid dienone is 9. The van der Waals surface area contributed by atoms with Crippen LogP contribution in [0.1, 0.15) is 37.4 Å². The minimum Gasteiger partial charge on any atom is -0.351 e. The summed E-state index contributed by atoms with van der Waals surface area (Å²) in [6.07, 6.45) is 9.72. The van der Waals surface area contributed by atoms with E-state index in [1.54, 1.807) is 5.20 Å². The Morgan fingerprint density at radius 3 is 2.48 bits per heavy atom. The molecule has 0 radical (unpaired) electrons. The zero-order valence-corrected chi connectivity index (χ0v) is 20.7. The molecule has 1 aromatic carbocycles. The van der Waals surface area contributed by atoms with Crippen LogP contribution in [-0.2, 0) is 0 Å². The summed E-state index contributed by atoms with van der Waals surface area (Å²) < 4.78 is 1.34. The summed E-state index contributed by atoms with van der Waals surface area (Å²) in [6.45, 7) is 11.9. The Hall–Kier alpha value is -1.84. The third-order valence-electron chi connectivity index (χ3n) is 7.53. The van der Waals surface area contributed by atoms with Crippen LogP contribution in [0.15, 0.2) is 85.9 Å². The van der Waals surface area contributed by atoms with Crippen molar-refractivity contribution in [3.8, 4) is 0 Å². The van der Waals surface area contributed by atoms with Gasteiger partial charge in [0.2, 0.25) is 0 Å². The average molecular weight is 463 g/mol. The largest absolute Gasteiger partial charge is 0.351 e. The van der Waals surface area contributed by atoms with E-state index in [2.05, 4.69) is 110 Å². The number of nitrogens with zero attached hydrogens (tertiary/aromatic N) is 1. The van der Waals surface area contributed by atoms with Crippen molar-refractivity contribution >= 4 is 30.1 Å². The monoisotopic (exact) mass is 461 g/mol. The molecule has 0 bridgehead atoms. The number of benzene rings is 1. The van der Waals surface area contributed by atoms with Crippen LogP contribution in [0.2, 0.25) is 13.1 Å². The van der Waals surface area contributed by atoms with E-state index in [1.807, 2.05) is 0 Å². The molecule has 2 unspecified atom stereocenters. The van der Waals surface area contributed by atoms with Gasteiger partial charge in [0.15, 0.2) is 0 Å². The van der Waals surface area contributed by atoms with E-state index in [9.17, 15) is 0 Å². The van der Waals surface area contributed by atoms with Crippen molar-refractivity contribution in [2.24, 2.45) is 5.92 Å². The highest BCUT2D eigenvalue weighted by Crippen LogP contribution is 2.54. The highest BCUT2D eigenvalue weighted by Gasteiger charge is 2.44. The van der Waals surface area contributed by atoms with E-state index in [-0.39, 0.29) is 0 Å². The first kappa shape index (κ1) is 19.1. The highest BCUT2D eigenvalue weighted by atomic mass is 79.9. The summed E-state index contributed by atoms with van der Waals surface area (Å²) in [5.41, 5.74) is 12.0. The molecule has 0 spiro atoms. The molecule has 0 aromatic heterocycles. The number of rotatable bonds is 2. The topological polar surface area (TPSA) is 3.24 Å². The second kappa shape index (κ2) is 6.33. The first-order chi connectivity index (χ1) is 13.7. The molecule has 0 amide bonds. The Morgan fingerprint density at radius 1 is 1.00 bits per heavy atom. The van der Waals surface area contributed by atoms with E-state index in [1.165, 1.54) is 49.3 Å². The van der Waals surface area contributed by atoms with Crippen molar-refractivity contribution < 1.29 is 0 Å². The smallest absolute Gasteiger partial charge is 0.0931 e. The molecule has 3 heteroatoms. The molecule has 1 aliphatic heterocycles. The molecule has 148 valence electrons. The fourth-order valence-electron chi connectivity index (χ4n) is 5.84. The normalized spacial score (nSPS) is 25.6. The second-order valence-electron chi connectivity index (χ2n) is 9.39. The fraction of sp³-hybridized carbons (Fsp3) is 0.308. The molecule has 0 fully saturated rings. The molecule has 1 nitrogen and oxygen atoms in total. The Morgan fingerprint density at radius 2 is 1.72 bits per heavy atom. The van der Waals surface area contributed by atoms with Crippen molar-refractivity contribution in [3.63, 3.8) is 0 Å². The molecule has 0 saturated heterocycles. The van der Waals surface area contributed by atoms with Crippen LogP contribution in [0.5, 0.6) is 0 Å². The molecular formula is C26H28BrNSi. The lowest BCUT2D eigenvalue weighted by molar-refractivity contribution is 0.521. The van der Waals surface area contributed by atoms with Gasteiger partial charge in [-0.1, -0.05) is 77.1 Å². The van der Waals surface area contributed by atoms with Gasteiger partial charge in [0, 0.05) is 28.5 Å². The lowest BCUT2D eigenvalue weighted by Crippen LogP contribution is -2.37. The number of hydrogen-bond acceptors (Lipinski definition) is 1. The average Bonchev–Trinajstić information content (AvgIpc) is 3.32. The first-order valence-electron chi connectivity index (χ1n) is 10.5. The summed E-state index contributed by atoms with van der Waals surface area (Å²) in [5.74, 6) is 0.374. The zero-order valence-electron chi connectivity index (χ0n) is 18.1. The summed E-state index contributed by atoms with van der Waals surface area (Å²) in [7, 11) is 0.416. The van der Waals surface area contributed by atoms with Gasteiger partial charge >= 0.3 is 0 Å². The lowest BCUT2D eigenvalue weighted by Gasteiger charge is -2.34. The predicted molar refractivity (Wildman–Crippen MR) is 130 cm³/mol. The van der Waals surface area contributed by atoms with Gasteiger partial charge in [-0.25, -0.2) is 0 Å². The summed E-state index contributed by atoms with van der Waals surface area (Å²) in [5, 5.41) is 1.62. The van der Waals surface area contributed by atoms with Gasteiger partial charge in [-0.3, -0.25) is 0 Å². The van der Waals surface area contributed by atoms with E-state index < -0.39 is 8.07 Å². The van der Waals surface area contributed by atoms with E-state index in [0.717, 1.165) is 0 Å². The highest BCUT2D eigenvalue weighted by molar-refractivity contribution is 9.11. The lowest BCUT2D eigenvalue weighted by atomic mass is 9.89. The zero-order chi connectivity index (χ0) is 20.7. The third-order valence-corrected chi connectivity index (χ3v) is 12.4. The van der Waals surface area contributed by atoms with Gasteiger partial charge in [-0.15, -0.1) is 0 Å². The van der Waals surface area contributed by atoms with Gasteiger partial charge in [0.25, 0.3) is 0 Å². The molecule has 5 rings (SSSR count). The van der Waals surface area contributed by atoms with Gasteiger partial charge < -0.3 is 4.90 Å². The molecule has 4 aliphatic rings. The quantitative estimate of drug-likeness (QED) is 0.419. The van der Waals surface area contributed by atoms with E-state index in [4.69, 9.17) is 0 Å². The fourth-order valence-corrected chi connectivity index (χ4v) is 10.7. The van der Waals surface area contributed by atoms with Crippen molar-refractivity contribution in [2.75, 3.05) is 7.05 Å². The maximum atomic E-state index is 4.03. The maximum Gasteiger partial charge on any atom is 0.0931 e. The number of hydrogen-bond donors (Lipinski definition) is 0. The number of halogens is 1. The summed E-state index contributed by atoms with van der Waals surface area (Å²) in [4.78, 5) is 2.38. The minimum absolute atomic E-state index is 0.374. The molecule has 0 saturated carbocycles. The Kier molecular flexibility index (Phi) is 4.17. The van der Waals surface area contributed by atoms with E-state index in [0.29, 0.717) is 11.5 Å². The van der Waals surface area contributed by atoms with Crippen LogP contribution in [-0.4, -0.2) is 20.0 Å². The van der Waals surface area contributed by atoms with Crippen molar-refractivity contribution in [1.29, 1.82) is 0 Å². The molecule has 1 heterocycles. The van der Waals surface area contributed by atoms with E-state index >= 15 is 0 Å². The number of fused-ring (bicyclic) bond motifs is 3. The summed E-state index contributed by atoms with van der Waals surface area (Å²) in [6, 6.07) is 8.93. The van der Waals surface area contributed by atoms with Gasteiger partial charge in [0.1, 0.15) is 0 Å². The molecule has 1 aromatic rings. The first-order valence-corrected chi connectivity index (χ1v) is 14.3. The minimum atomic E-state index is -1.80. The van der Waals surface area contributed by atoms with Crippen LogP contribution >= 0.6 is 15.9 Å². The predicted octanol–water partition coefficient (Wildman–Crippen LogP) is 7.24. The molecular weight excluding hydrogens is 434 g/mol.